The molecule has 0 saturated heterocycles. The number of hydrogen-bond donors (Lipinski definition) is 1. The van der Waals surface area contributed by atoms with E-state index in [1.807, 2.05) is 0 Å². The van der Waals surface area contributed by atoms with Crippen LogP contribution in [-0.4, -0.2) is 30.3 Å². The minimum absolute atomic E-state index is 0.163. The van der Waals surface area contributed by atoms with E-state index in [4.69, 9.17) is 11.6 Å². The topological polar surface area (TPSA) is 49.4 Å². The second-order valence-corrected chi connectivity index (χ2v) is 5.31. The fourth-order valence-corrected chi connectivity index (χ4v) is 2.04. The Morgan fingerprint density at radius 1 is 1.09 bits per heavy atom. The standard InChI is InChI=1S/C16H13ClF2N2O2/c1-21(16(23)10-6-12(18)8-13(19)7-10)9-15(22)20-14-4-2-11(17)3-5-14/h2-8H,9H2,1H3,(H,20,22). The summed E-state index contributed by atoms with van der Waals surface area (Å²) in [5.41, 5.74) is 0.362. The van der Waals surface area contributed by atoms with E-state index in [1.165, 1.54) is 7.05 Å². The number of benzene rings is 2. The average Bonchev–Trinajstić information content (AvgIpc) is 2.47. The van der Waals surface area contributed by atoms with Crippen molar-refractivity contribution in [2.45, 2.75) is 0 Å². The van der Waals surface area contributed by atoms with Gasteiger partial charge in [-0.3, -0.25) is 9.59 Å². The lowest BCUT2D eigenvalue weighted by Crippen LogP contribution is -2.35. The van der Waals surface area contributed by atoms with Crippen LogP contribution in [0.2, 0.25) is 5.02 Å². The van der Waals surface area contributed by atoms with Gasteiger partial charge in [-0.05, 0) is 36.4 Å². The molecule has 0 atom stereocenters. The van der Waals surface area contributed by atoms with Gasteiger partial charge in [0, 0.05) is 29.4 Å². The molecule has 0 heterocycles. The Labute approximate surface area is 136 Å². The lowest BCUT2D eigenvalue weighted by Gasteiger charge is -2.17. The third kappa shape index (κ3) is 4.75. The number of amides is 2. The van der Waals surface area contributed by atoms with E-state index < -0.39 is 23.4 Å². The van der Waals surface area contributed by atoms with Crippen LogP contribution in [0.4, 0.5) is 14.5 Å². The van der Waals surface area contributed by atoms with Gasteiger partial charge in [0.15, 0.2) is 0 Å². The molecule has 2 aromatic rings. The van der Waals surface area contributed by atoms with E-state index in [9.17, 15) is 18.4 Å². The van der Waals surface area contributed by atoms with Crippen LogP contribution in [0, 0.1) is 11.6 Å². The van der Waals surface area contributed by atoms with Crippen molar-refractivity contribution in [3.63, 3.8) is 0 Å². The summed E-state index contributed by atoms with van der Waals surface area (Å²) < 4.78 is 26.3. The fraction of sp³-hybridized carbons (Fsp3) is 0.125. The van der Waals surface area contributed by atoms with E-state index in [-0.39, 0.29) is 12.1 Å². The average molecular weight is 339 g/mol. The van der Waals surface area contributed by atoms with Crippen LogP contribution < -0.4 is 5.32 Å². The summed E-state index contributed by atoms with van der Waals surface area (Å²) in [5, 5.41) is 3.12. The zero-order valence-corrected chi connectivity index (χ0v) is 12.9. The maximum absolute atomic E-state index is 13.1. The van der Waals surface area contributed by atoms with E-state index in [2.05, 4.69) is 5.32 Å². The molecule has 2 amide bonds. The van der Waals surface area contributed by atoms with Gasteiger partial charge in [-0.1, -0.05) is 11.6 Å². The van der Waals surface area contributed by atoms with Crippen LogP contribution in [0.1, 0.15) is 10.4 Å². The van der Waals surface area contributed by atoms with Crippen LogP contribution in [0.25, 0.3) is 0 Å². The Balaban J connectivity index is 1.99. The van der Waals surface area contributed by atoms with Crippen molar-refractivity contribution < 1.29 is 18.4 Å². The highest BCUT2D eigenvalue weighted by molar-refractivity contribution is 6.30. The molecule has 0 aliphatic carbocycles. The molecule has 0 aliphatic heterocycles. The molecular weight excluding hydrogens is 326 g/mol. The third-order valence-corrected chi connectivity index (χ3v) is 3.22. The molecule has 2 aromatic carbocycles. The molecule has 0 saturated carbocycles. The Kier molecular flexibility index (Phi) is 5.28. The first-order valence-electron chi connectivity index (χ1n) is 6.62. The number of anilines is 1. The predicted octanol–water partition coefficient (Wildman–Crippen LogP) is 3.33. The molecule has 23 heavy (non-hydrogen) atoms. The zero-order valence-electron chi connectivity index (χ0n) is 12.1. The summed E-state index contributed by atoms with van der Waals surface area (Å²) in [6.07, 6.45) is 0. The van der Waals surface area contributed by atoms with Crippen LogP contribution in [0.15, 0.2) is 42.5 Å². The van der Waals surface area contributed by atoms with Crippen LogP contribution >= 0.6 is 11.6 Å². The largest absolute Gasteiger partial charge is 0.332 e. The highest BCUT2D eigenvalue weighted by Gasteiger charge is 2.16. The monoisotopic (exact) mass is 338 g/mol. The minimum Gasteiger partial charge on any atom is -0.332 e. The second-order valence-electron chi connectivity index (χ2n) is 4.87. The number of hydrogen-bond acceptors (Lipinski definition) is 2. The maximum atomic E-state index is 13.1. The second kappa shape index (κ2) is 7.19. The quantitative estimate of drug-likeness (QED) is 0.929. The first-order chi connectivity index (χ1) is 10.8. The van der Waals surface area contributed by atoms with Gasteiger partial charge >= 0.3 is 0 Å². The SMILES string of the molecule is CN(CC(=O)Nc1ccc(Cl)cc1)C(=O)c1cc(F)cc(F)c1. The number of rotatable bonds is 4. The highest BCUT2D eigenvalue weighted by atomic mass is 35.5. The van der Waals surface area contributed by atoms with Gasteiger partial charge < -0.3 is 10.2 Å². The van der Waals surface area contributed by atoms with E-state index >= 15 is 0 Å². The van der Waals surface area contributed by atoms with Gasteiger partial charge in [0.25, 0.3) is 5.91 Å². The first-order valence-corrected chi connectivity index (χ1v) is 7.00. The van der Waals surface area contributed by atoms with Crippen molar-refractivity contribution in [1.29, 1.82) is 0 Å². The Hall–Kier alpha value is -2.47. The molecular formula is C16H13ClF2N2O2. The third-order valence-electron chi connectivity index (χ3n) is 2.96. The summed E-state index contributed by atoms with van der Waals surface area (Å²) in [6.45, 7) is -0.264. The van der Waals surface area contributed by atoms with Gasteiger partial charge in [-0.25, -0.2) is 8.78 Å². The smallest absolute Gasteiger partial charge is 0.254 e. The van der Waals surface area contributed by atoms with Crippen LogP contribution in [0.5, 0.6) is 0 Å². The predicted molar refractivity (Wildman–Crippen MR) is 83.4 cm³/mol. The number of likely N-dealkylation sites (N-methyl/N-ethyl adjacent to an activating group) is 1. The summed E-state index contributed by atoms with van der Waals surface area (Å²) in [6, 6.07) is 8.96. The summed E-state index contributed by atoms with van der Waals surface area (Å²) in [4.78, 5) is 25.0. The molecule has 0 aromatic heterocycles. The molecule has 1 N–H and O–H groups in total. The van der Waals surface area contributed by atoms with Gasteiger partial charge in [0.05, 0.1) is 6.54 Å². The summed E-state index contributed by atoms with van der Waals surface area (Å²) in [7, 11) is 1.37. The van der Waals surface area contributed by atoms with Crippen molar-refractivity contribution >= 4 is 29.1 Å². The Bertz CT molecular complexity index is 715. The van der Waals surface area contributed by atoms with Crippen molar-refractivity contribution in [1.82, 2.24) is 4.90 Å². The van der Waals surface area contributed by atoms with Crippen molar-refractivity contribution in [3.8, 4) is 0 Å². The molecule has 0 radical (unpaired) electrons. The summed E-state index contributed by atoms with van der Waals surface area (Å²) >= 11 is 5.74. The van der Waals surface area contributed by atoms with Crippen molar-refractivity contribution in [2.24, 2.45) is 0 Å². The number of halogens is 3. The van der Waals surface area contributed by atoms with Gasteiger partial charge in [0.2, 0.25) is 5.91 Å². The van der Waals surface area contributed by atoms with Gasteiger partial charge in [-0.2, -0.15) is 0 Å². The number of nitrogens with zero attached hydrogens (tertiary/aromatic N) is 1. The highest BCUT2D eigenvalue weighted by Crippen LogP contribution is 2.14. The van der Waals surface area contributed by atoms with E-state index in [0.717, 1.165) is 17.0 Å². The molecule has 2 rings (SSSR count). The lowest BCUT2D eigenvalue weighted by atomic mass is 10.2. The number of carbonyl (C=O) groups is 2. The van der Waals surface area contributed by atoms with Gasteiger partial charge in [0.1, 0.15) is 11.6 Å². The fourth-order valence-electron chi connectivity index (χ4n) is 1.92. The molecule has 7 heteroatoms. The van der Waals surface area contributed by atoms with Crippen molar-refractivity contribution in [3.05, 3.63) is 64.7 Å². The first kappa shape index (κ1) is 16.9. The Morgan fingerprint density at radius 3 is 2.22 bits per heavy atom. The van der Waals surface area contributed by atoms with E-state index in [0.29, 0.717) is 16.8 Å². The van der Waals surface area contributed by atoms with Crippen LogP contribution in [0.3, 0.4) is 0 Å². The molecule has 0 fully saturated rings. The molecule has 0 bridgehead atoms. The molecule has 120 valence electrons. The molecule has 0 aliphatic rings. The number of carbonyl (C=O) groups excluding carboxylic acids is 2. The van der Waals surface area contributed by atoms with Gasteiger partial charge in [-0.15, -0.1) is 0 Å². The zero-order chi connectivity index (χ0) is 17.0. The van der Waals surface area contributed by atoms with E-state index in [1.54, 1.807) is 24.3 Å². The van der Waals surface area contributed by atoms with Crippen molar-refractivity contribution in [2.75, 3.05) is 18.9 Å². The number of nitrogens with one attached hydrogen (secondary N) is 1. The normalized spacial score (nSPS) is 10.3. The van der Waals surface area contributed by atoms with Crippen LogP contribution in [-0.2, 0) is 4.79 Å². The molecule has 0 unspecified atom stereocenters. The maximum Gasteiger partial charge on any atom is 0.254 e. The summed E-state index contributed by atoms with van der Waals surface area (Å²) in [5.74, 6) is -2.81. The lowest BCUT2D eigenvalue weighted by molar-refractivity contribution is -0.116. The minimum atomic E-state index is -0.854. The molecule has 4 nitrogen and oxygen atoms in total. The molecule has 0 spiro atoms. The Morgan fingerprint density at radius 2 is 1.65 bits per heavy atom.